The zero-order valence-electron chi connectivity index (χ0n) is 14.8. The van der Waals surface area contributed by atoms with E-state index in [4.69, 9.17) is 16.0 Å². The van der Waals surface area contributed by atoms with E-state index in [2.05, 4.69) is 10.4 Å². The van der Waals surface area contributed by atoms with Gasteiger partial charge in [-0.25, -0.2) is 4.68 Å². The lowest BCUT2D eigenvalue weighted by Crippen LogP contribution is -2.33. The third kappa shape index (κ3) is 3.82. The largest absolute Gasteiger partial charge is 0.459 e. The summed E-state index contributed by atoms with van der Waals surface area (Å²) in [5.41, 5.74) is 0.602. The topological polar surface area (TPSA) is 77.1 Å². The number of carbonyl (C=O) groups is 1. The van der Waals surface area contributed by atoms with Crippen LogP contribution in [-0.2, 0) is 17.9 Å². The number of amides is 1. The molecule has 0 bridgehead atoms. The van der Waals surface area contributed by atoms with E-state index in [1.54, 1.807) is 36.5 Å². The number of nitrogens with one attached hydrogen (secondary N) is 1. The molecular weight excluding hydrogens is 378 g/mol. The summed E-state index contributed by atoms with van der Waals surface area (Å²) in [6, 6.07) is 18.1. The molecular formula is C21H16ClN3O3. The molecule has 0 spiro atoms. The fourth-order valence-corrected chi connectivity index (χ4v) is 2.99. The number of carbonyl (C=O) groups excluding carboxylic acids is 1. The summed E-state index contributed by atoms with van der Waals surface area (Å²) in [5.74, 6) is 0.972. The van der Waals surface area contributed by atoms with E-state index in [0.29, 0.717) is 21.9 Å². The summed E-state index contributed by atoms with van der Waals surface area (Å²) in [6.07, 6.45) is 1.58. The highest BCUT2D eigenvalue weighted by molar-refractivity contribution is 6.30. The third-order valence-electron chi connectivity index (χ3n) is 4.31. The molecule has 2 aromatic carbocycles. The van der Waals surface area contributed by atoms with Crippen LogP contribution in [0.3, 0.4) is 0 Å². The van der Waals surface area contributed by atoms with Gasteiger partial charge in [0.15, 0.2) is 0 Å². The highest BCUT2D eigenvalue weighted by atomic mass is 35.5. The Balaban J connectivity index is 1.41. The predicted molar refractivity (Wildman–Crippen MR) is 107 cm³/mol. The van der Waals surface area contributed by atoms with Crippen LogP contribution in [0.15, 0.2) is 76.1 Å². The summed E-state index contributed by atoms with van der Waals surface area (Å²) in [5, 5.41) is 8.73. The van der Waals surface area contributed by atoms with Crippen molar-refractivity contribution in [2.24, 2.45) is 0 Å². The zero-order chi connectivity index (χ0) is 19.5. The van der Waals surface area contributed by atoms with Crippen molar-refractivity contribution in [1.82, 2.24) is 15.1 Å². The van der Waals surface area contributed by atoms with Crippen LogP contribution >= 0.6 is 11.6 Å². The molecule has 0 aliphatic rings. The lowest BCUT2D eigenvalue weighted by atomic mass is 10.2. The monoisotopic (exact) mass is 393 g/mol. The second kappa shape index (κ2) is 7.70. The minimum Gasteiger partial charge on any atom is -0.459 e. The Kier molecular flexibility index (Phi) is 4.95. The van der Waals surface area contributed by atoms with Gasteiger partial charge in [0.1, 0.15) is 18.1 Å². The standard InChI is InChI=1S/C21H16ClN3O3/c22-16-7-5-14(6-8-16)19-10-9-17(28-19)12-23-20(26)13-25-21(27)18-4-2-1-3-15(18)11-24-25/h1-11H,12-13H2,(H,23,26). The van der Waals surface area contributed by atoms with Gasteiger partial charge < -0.3 is 9.73 Å². The van der Waals surface area contributed by atoms with Crippen molar-refractivity contribution in [3.05, 3.63) is 88.0 Å². The number of rotatable bonds is 5. The fourth-order valence-electron chi connectivity index (χ4n) is 2.86. The molecule has 2 aromatic heterocycles. The summed E-state index contributed by atoms with van der Waals surface area (Å²) >= 11 is 5.89. The first-order chi connectivity index (χ1) is 13.6. The molecule has 0 fully saturated rings. The molecule has 4 aromatic rings. The molecule has 28 heavy (non-hydrogen) atoms. The molecule has 0 saturated heterocycles. The van der Waals surface area contributed by atoms with Crippen molar-refractivity contribution >= 4 is 28.3 Å². The SMILES string of the molecule is O=C(Cn1ncc2ccccc2c1=O)NCc1ccc(-c2ccc(Cl)cc2)o1. The van der Waals surface area contributed by atoms with E-state index in [0.717, 1.165) is 15.6 Å². The Morgan fingerprint density at radius 3 is 2.68 bits per heavy atom. The number of furan rings is 1. The van der Waals surface area contributed by atoms with Gasteiger partial charge in [-0.2, -0.15) is 5.10 Å². The molecule has 0 saturated carbocycles. The molecule has 0 aliphatic carbocycles. The van der Waals surface area contributed by atoms with E-state index < -0.39 is 0 Å². The maximum Gasteiger partial charge on any atom is 0.275 e. The number of fused-ring (bicyclic) bond motifs is 1. The van der Waals surface area contributed by atoms with Crippen molar-refractivity contribution in [2.45, 2.75) is 13.1 Å². The number of benzene rings is 2. The number of halogens is 1. The van der Waals surface area contributed by atoms with Crippen LogP contribution in [0.5, 0.6) is 0 Å². The Labute approximate surface area is 165 Å². The second-order valence-electron chi connectivity index (χ2n) is 6.24. The Bertz CT molecular complexity index is 1200. The maximum absolute atomic E-state index is 12.4. The average molecular weight is 394 g/mol. The van der Waals surface area contributed by atoms with Crippen molar-refractivity contribution in [3.8, 4) is 11.3 Å². The normalized spacial score (nSPS) is 10.9. The molecule has 0 aliphatic heterocycles. The first-order valence-electron chi connectivity index (χ1n) is 8.66. The fraction of sp³-hybridized carbons (Fsp3) is 0.0952. The van der Waals surface area contributed by atoms with E-state index in [1.807, 2.05) is 30.3 Å². The van der Waals surface area contributed by atoms with Crippen molar-refractivity contribution < 1.29 is 9.21 Å². The van der Waals surface area contributed by atoms with E-state index in [-0.39, 0.29) is 24.6 Å². The number of hydrogen-bond donors (Lipinski definition) is 1. The quantitative estimate of drug-likeness (QED) is 0.561. The van der Waals surface area contributed by atoms with E-state index in [1.165, 1.54) is 0 Å². The van der Waals surface area contributed by atoms with Crippen molar-refractivity contribution in [2.75, 3.05) is 0 Å². The Hall–Kier alpha value is -3.38. The van der Waals surface area contributed by atoms with Crippen molar-refractivity contribution in [3.63, 3.8) is 0 Å². The predicted octanol–water partition coefficient (Wildman–Crippen LogP) is 3.63. The molecule has 140 valence electrons. The molecule has 1 N–H and O–H groups in total. The molecule has 7 heteroatoms. The van der Waals surface area contributed by atoms with Gasteiger partial charge in [-0.1, -0.05) is 29.8 Å². The van der Waals surface area contributed by atoms with Gasteiger partial charge in [-0.05, 0) is 42.5 Å². The summed E-state index contributed by atoms with van der Waals surface area (Å²) in [7, 11) is 0. The summed E-state index contributed by atoms with van der Waals surface area (Å²) in [6.45, 7) is 0.0587. The zero-order valence-corrected chi connectivity index (χ0v) is 15.5. The molecule has 2 heterocycles. The number of aromatic nitrogens is 2. The van der Waals surface area contributed by atoms with E-state index >= 15 is 0 Å². The van der Waals surface area contributed by atoms with Crippen molar-refractivity contribution in [1.29, 1.82) is 0 Å². The molecule has 0 atom stereocenters. The van der Waals surface area contributed by atoms with Crippen LogP contribution < -0.4 is 10.9 Å². The van der Waals surface area contributed by atoms with Crippen LogP contribution in [0.2, 0.25) is 5.02 Å². The van der Waals surface area contributed by atoms with Gasteiger partial charge >= 0.3 is 0 Å². The highest BCUT2D eigenvalue weighted by Crippen LogP contribution is 2.23. The molecule has 0 radical (unpaired) electrons. The van der Waals surface area contributed by atoms with Gasteiger partial charge in [0.25, 0.3) is 5.56 Å². The van der Waals surface area contributed by atoms with Crippen LogP contribution in [-0.4, -0.2) is 15.7 Å². The van der Waals surface area contributed by atoms with Crippen LogP contribution in [0.25, 0.3) is 22.1 Å². The Morgan fingerprint density at radius 1 is 1.07 bits per heavy atom. The molecule has 0 unspecified atom stereocenters. The van der Waals surface area contributed by atoms with Gasteiger partial charge in [0.2, 0.25) is 5.91 Å². The minimum absolute atomic E-state index is 0.158. The van der Waals surface area contributed by atoms with E-state index in [9.17, 15) is 9.59 Å². The lowest BCUT2D eigenvalue weighted by Gasteiger charge is -2.06. The second-order valence-corrected chi connectivity index (χ2v) is 6.68. The highest BCUT2D eigenvalue weighted by Gasteiger charge is 2.10. The first-order valence-corrected chi connectivity index (χ1v) is 9.04. The summed E-state index contributed by atoms with van der Waals surface area (Å²) in [4.78, 5) is 24.6. The molecule has 4 rings (SSSR count). The van der Waals surface area contributed by atoms with Crippen LogP contribution in [0, 0.1) is 0 Å². The van der Waals surface area contributed by atoms with Gasteiger partial charge in [0.05, 0.1) is 18.1 Å². The molecule has 1 amide bonds. The number of hydrogen-bond acceptors (Lipinski definition) is 4. The number of nitrogens with zero attached hydrogens (tertiary/aromatic N) is 2. The first kappa shape index (κ1) is 18.0. The lowest BCUT2D eigenvalue weighted by molar-refractivity contribution is -0.122. The van der Waals surface area contributed by atoms with Gasteiger partial charge in [-0.15, -0.1) is 0 Å². The average Bonchev–Trinajstić information content (AvgIpc) is 3.18. The maximum atomic E-state index is 12.4. The third-order valence-corrected chi connectivity index (χ3v) is 4.56. The van der Waals surface area contributed by atoms with Gasteiger partial charge in [-0.3, -0.25) is 9.59 Å². The van der Waals surface area contributed by atoms with Crippen LogP contribution in [0.1, 0.15) is 5.76 Å². The Morgan fingerprint density at radius 2 is 1.86 bits per heavy atom. The smallest absolute Gasteiger partial charge is 0.275 e. The molecule has 6 nitrogen and oxygen atoms in total. The van der Waals surface area contributed by atoms with Gasteiger partial charge in [0, 0.05) is 16.0 Å². The summed E-state index contributed by atoms with van der Waals surface area (Å²) < 4.78 is 6.90. The minimum atomic E-state index is -0.325. The van der Waals surface area contributed by atoms with Crippen LogP contribution in [0.4, 0.5) is 0 Å².